The molecule has 2 nitrogen and oxygen atoms in total. The van der Waals surface area contributed by atoms with E-state index in [0.717, 1.165) is 11.1 Å². The summed E-state index contributed by atoms with van der Waals surface area (Å²) in [4.78, 5) is 12.3. The molecule has 0 unspecified atom stereocenters. The third kappa shape index (κ3) is 2.07. The molecule has 17 heavy (non-hydrogen) atoms. The summed E-state index contributed by atoms with van der Waals surface area (Å²) in [5.74, 6) is 0.0230. The highest BCUT2D eigenvalue weighted by Gasteiger charge is 2.13. The van der Waals surface area contributed by atoms with E-state index in [-0.39, 0.29) is 5.78 Å². The lowest BCUT2D eigenvalue weighted by atomic mass is 9.96. The molecule has 0 bridgehead atoms. The summed E-state index contributed by atoms with van der Waals surface area (Å²) in [7, 11) is 0. The summed E-state index contributed by atoms with van der Waals surface area (Å²) in [6, 6.07) is 13.0. The quantitative estimate of drug-likeness (QED) is 0.630. The van der Waals surface area contributed by atoms with Crippen LogP contribution in [0.15, 0.2) is 42.5 Å². The third-order valence-corrected chi connectivity index (χ3v) is 3.01. The van der Waals surface area contributed by atoms with E-state index in [1.807, 2.05) is 56.3 Å². The Morgan fingerprint density at radius 1 is 1.00 bits per heavy atom. The van der Waals surface area contributed by atoms with E-state index in [4.69, 9.17) is 5.73 Å². The zero-order valence-electron chi connectivity index (χ0n) is 10.0. The fourth-order valence-electron chi connectivity index (χ4n) is 1.85. The molecule has 0 aliphatic heterocycles. The van der Waals surface area contributed by atoms with Gasteiger partial charge in [0, 0.05) is 16.8 Å². The van der Waals surface area contributed by atoms with Gasteiger partial charge in [-0.05, 0) is 25.0 Å². The van der Waals surface area contributed by atoms with Gasteiger partial charge in [0.25, 0.3) is 0 Å². The number of nitrogens with two attached hydrogens (primary N) is 1. The SMILES string of the molecule is Cc1ccc(C(=O)c2ccccc2)c(C)c1N. The predicted octanol–water partition coefficient (Wildman–Crippen LogP) is 3.12. The van der Waals surface area contributed by atoms with E-state index in [9.17, 15) is 4.79 Å². The molecule has 0 aliphatic carbocycles. The largest absolute Gasteiger partial charge is 0.398 e. The number of hydrogen-bond acceptors (Lipinski definition) is 2. The van der Waals surface area contributed by atoms with Crippen LogP contribution in [-0.4, -0.2) is 5.78 Å². The zero-order chi connectivity index (χ0) is 12.4. The molecule has 86 valence electrons. The Morgan fingerprint density at radius 2 is 1.65 bits per heavy atom. The van der Waals surface area contributed by atoms with E-state index in [2.05, 4.69) is 0 Å². The van der Waals surface area contributed by atoms with Crippen LogP contribution in [0.1, 0.15) is 27.0 Å². The van der Waals surface area contributed by atoms with Crippen LogP contribution in [0.5, 0.6) is 0 Å². The molecule has 0 heterocycles. The van der Waals surface area contributed by atoms with Crippen molar-refractivity contribution in [3.8, 4) is 0 Å². The first-order chi connectivity index (χ1) is 8.11. The molecule has 2 rings (SSSR count). The topological polar surface area (TPSA) is 43.1 Å². The second-order valence-electron chi connectivity index (χ2n) is 4.16. The van der Waals surface area contributed by atoms with Crippen molar-refractivity contribution < 1.29 is 4.79 Å². The van der Waals surface area contributed by atoms with Gasteiger partial charge >= 0.3 is 0 Å². The fraction of sp³-hybridized carbons (Fsp3) is 0.133. The highest BCUT2D eigenvalue weighted by atomic mass is 16.1. The van der Waals surface area contributed by atoms with Crippen molar-refractivity contribution in [3.05, 3.63) is 64.7 Å². The van der Waals surface area contributed by atoms with Gasteiger partial charge in [-0.2, -0.15) is 0 Å². The Kier molecular flexibility index (Phi) is 2.96. The first-order valence-electron chi connectivity index (χ1n) is 5.56. The number of ketones is 1. The number of nitrogen functional groups attached to an aromatic ring is 1. The zero-order valence-corrected chi connectivity index (χ0v) is 10.0. The van der Waals surface area contributed by atoms with Gasteiger partial charge < -0.3 is 5.73 Å². The number of rotatable bonds is 2. The van der Waals surface area contributed by atoms with Crippen molar-refractivity contribution in [1.29, 1.82) is 0 Å². The van der Waals surface area contributed by atoms with Crippen molar-refractivity contribution in [2.75, 3.05) is 5.73 Å². The third-order valence-electron chi connectivity index (χ3n) is 3.01. The van der Waals surface area contributed by atoms with Crippen molar-refractivity contribution in [2.24, 2.45) is 0 Å². The summed E-state index contributed by atoms with van der Waals surface area (Å²) in [6.45, 7) is 3.83. The minimum absolute atomic E-state index is 0.0230. The Labute approximate surface area is 101 Å². The molecular weight excluding hydrogens is 210 g/mol. The maximum absolute atomic E-state index is 12.3. The lowest BCUT2D eigenvalue weighted by Gasteiger charge is -2.10. The molecule has 2 heteroatoms. The molecule has 0 saturated carbocycles. The van der Waals surface area contributed by atoms with Gasteiger partial charge in [0.2, 0.25) is 0 Å². The van der Waals surface area contributed by atoms with E-state index >= 15 is 0 Å². The molecule has 2 N–H and O–H groups in total. The van der Waals surface area contributed by atoms with E-state index in [1.54, 1.807) is 0 Å². The fourth-order valence-corrected chi connectivity index (χ4v) is 1.85. The van der Waals surface area contributed by atoms with Crippen LogP contribution in [0, 0.1) is 13.8 Å². The summed E-state index contributed by atoms with van der Waals surface area (Å²) in [5.41, 5.74) is 9.89. The van der Waals surface area contributed by atoms with Crippen LogP contribution >= 0.6 is 0 Å². The van der Waals surface area contributed by atoms with Gasteiger partial charge in [-0.3, -0.25) is 4.79 Å². The van der Waals surface area contributed by atoms with Crippen molar-refractivity contribution >= 4 is 11.5 Å². The highest BCUT2D eigenvalue weighted by molar-refractivity contribution is 6.10. The maximum atomic E-state index is 12.3. The second kappa shape index (κ2) is 4.42. The van der Waals surface area contributed by atoms with E-state index in [1.165, 1.54) is 0 Å². The Morgan fingerprint density at radius 3 is 2.29 bits per heavy atom. The summed E-state index contributed by atoms with van der Waals surface area (Å²) in [6.07, 6.45) is 0. The lowest BCUT2D eigenvalue weighted by Crippen LogP contribution is -2.06. The molecule has 0 spiro atoms. The van der Waals surface area contributed by atoms with E-state index < -0.39 is 0 Å². The molecule has 2 aromatic carbocycles. The number of benzene rings is 2. The van der Waals surface area contributed by atoms with Gasteiger partial charge in [0.15, 0.2) is 5.78 Å². The van der Waals surface area contributed by atoms with Crippen LogP contribution < -0.4 is 5.73 Å². The molecule has 0 saturated heterocycles. The van der Waals surface area contributed by atoms with Crippen molar-refractivity contribution in [1.82, 2.24) is 0 Å². The Balaban J connectivity index is 2.49. The van der Waals surface area contributed by atoms with Gasteiger partial charge in [-0.1, -0.05) is 42.5 Å². The number of carbonyl (C=O) groups is 1. The number of anilines is 1. The average molecular weight is 225 g/mol. The van der Waals surface area contributed by atoms with Gasteiger partial charge in [-0.25, -0.2) is 0 Å². The first-order valence-corrected chi connectivity index (χ1v) is 5.56. The lowest BCUT2D eigenvalue weighted by molar-refractivity contribution is 0.103. The molecule has 0 atom stereocenters. The van der Waals surface area contributed by atoms with Gasteiger partial charge in [0.1, 0.15) is 0 Å². The van der Waals surface area contributed by atoms with E-state index in [0.29, 0.717) is 16.8 Å². The molecule has 0 radical (unpaired) electrons. The maximum Gasteiger partial charge on any atom is 0.193 e. The average Bonchev–Trinajstić information content (AvgIpc) is 2.36. The van der Waals surface area contributed by atoms with Crippen LogP contribution in [0.4, 0.5) is 5.69 Å². The number of carbonyl (C=O) groups excluding carboxylic acids is 1. The molecule has 0 fully saturated rings. The number of hydrogen-bond donors (Lipinski definition) is 1. The second-order valence-corrected chi connectivity index (χ2v) is 4.16. The molecule has 0 aromatic heterocycles. The minimum Gasteiger partial charge on any atom is -0.398 e. The molecular formula is C15H15NO. The standard InChI is InChI=1S/C15H15NO/c1-10-8-9-13(11(2)14(10)16)15(17)12-6-4-3-5-7-12/h3-9H,16H2,1-2H3. The highest BCUT2D eigenvalue weighted by Crippen LogP contribution is 2.22. The van der Waals surface area contributed by atoms with Gasteiger partial charge in [0.05, 0.1) is 0 Å². The van der Waals surface area contributed by atoms with Crippen LogP contribution in [0.3, 0.4) is 0 Å². The Hall–Kier alpha value is -2.09. The summed E-state index contributed by atoms with van der Waals surface area (Å²) in [5, 5.41) is 0. The Bertz CT molecular complexity index is 559. The summed E-state index contributed by atoms with van der Waals surface area (Å²) < 4.78 is 0. The predicted molar refractivity (Wildman–Crippen MR) is 70.2 cm³/mol. The van der Waals surface area contributed by atoms with Gasteiger partial charge in [-0.15, -0.1) is 0 Å². The monoisotopic (exact) mass is 225 g/mol. The molecule has 2 aromatic rings. The van der Waals surface area contributed by atoms with Crippen LogP contribution in [0.25, 0.3) is 0 Å². The van der Waals surface area contributed by atoms with Crippen molar-refractivity contribution in [3.63, 3.8) is 0 Å². The van der Waals surface area contributed by atoms with Crippen molar-refractivity contribution in [2.45, 2.75) is 13.8 Å². The first kappa shape index (κ1) is 11.4. The normalized spacial score (nSPS) is 10.2. The molecule has 0 amide bonds. The van der Waals surface area contributed by atoms with Crippen LogP contribution in [-0.2, 0) is 0 Å². The number of aryl methyl sites for hydroxylation is 1. The van der Waals surface area contributed by atoms with Crippen LogP contribution in [0.2, 0.25) is 0 Å². The minimum atomic E-state index is 0.0230. The smallest absolute Gasteiger partial charge is 0.193 e. The summed E-state index contributed by atoms with van der Waals surface area (Å²) >= 11 is 0. The molecule has 0 aliphatic rings.